The lowest BCUT2D eigenvalue weighted by Gasteiger charge is -2.29. The molecule has 0 aliphatic carbocycles. The third-order valence-electron chi connectivity index (χ3n) is 3.41. The second-order valence-electron chi connectivity index (χ2n) is 5.21. The standard InChI is InChI=1S/C15H12F2NO6P/c16-11-7-10(8-12(17)9-11)15-5-6-22-25(21,24-15)23-14-3-1-13(2-4-14)18(19)20/h1-4,7-9,15H,5-6H2/t15-,25+/m1/s1. The molecule has 0 amide bonds. The molecule has 0 N–H and O–H groups in total. The van der Waals surface area contributed by atoms with Gasteiger partial charge in [-0.1, -0.05) is 0 Å². The number of nitrogens with zero attached hydrogens (tertiary/aromatic N) is 1. The monoisotopic (exact) mass is 371 g/mol. The van der Waals surface area contributed by atoms with Gasteiger partial charge in [0.2, 0.25) is 0 Å². The molecule has 0 aromatic heterocycles. The Bertz CT molecular complexity index is 824. The van der Waals surface area contributed by atoms with Gasteiger partial charge in [-0.25, -0.2) is 13.3 Å². The van der Waals surface area contributed by atoms with E-state index in [-0.39, 0.29) is 30.0 Å². The summed E-state index contributed by atoms with van der Waals surface area (Å²) >= 11 is 0. The summed E-state index contributed by atoms with van der Waals surface area (Å²) in [5.74, 6) is -1.52. The van der Waals surface area contributed by atoms with Gasteiger partial charge in [-0.2, -0.15) is 0 Å². The first-order chi connectivity index (χ1) is 11.8. The van der Waals surface area contributed by atoms with Crippen molar-refractivity contribution in [3.63, 3.8) is 0 Å². The summed E-state index contributed by atoms with van der Waals surface area (Å²) in [6.45, 7) is -0.00689. The van der Waals surface area contributed by atoms with Crippen LogP contribution in [0.2, 0.25) is 0 Å². The van der Waals surface area contributed by atoms with Crippen molar-refractivity contribution in [2.45, 2.75) is 12.5 Å². The van der Waals surface area contributed by atoms with Gasteiger partial charge in [0.15, 0.2) is 0 Å². The molecule has 1 aliphatic heterocycles. The van der Waals surface area contributed by atoms with Crippen LogP contribution in [-0.4, -0.2) is 11.5 Å². The van der Waals surface area contributed by atoms with E-state index < -0.39 is 30.5 Å². The number of hydrogen-bond donors (Lipinski definition) is 0. The maximum atomic E-state index is 13.3. The highest BCUT2D eigenvalue weighted by molar-refractivity contribution is 7.49. The number of halogens is 2. The number of nitro benzene ring substituents is 1. The molecule has 1 heterocycles. The van der Waals surface area contributed by atoms with E-state index in [0.29, 0.717) is 0 Å². The molecule has 0 spiro atoms. The van der Waals surface area contributed by atoms with E-state index in [1.165, 1.54) is 24.3 Å². The first-order valence-corrected chi connectivity index (χ1v) is 8.64. The van der Waals surface area contributed by atoms with Crippen molar-refractivity contribution in [2.75, 3.05) is 6.61 Å². The van der Waals surface area contributed by atoms with Crippen molar-refractivity contribution in [1.29, 1.82) is 0 Å². The lowest BCUT2D eigenvalue weighted by atomic mass is 10.1. The minimum absolute atomic E-state index is 0.00689. The predicted octanol–water partition coefficient (Wildman–Crippen LogP) is 4.54. The van der Waals surface area contributed by atoms with Crippen molar-refractivity contribution in [1.82, 2.24) is 0 Å². The van der Waals surface area contributed by atoms with Crippen LogP contribution >= 0.6 is 7.82 Å². The van der Waals surface area contributed by atoms with Gasteiger partial charge in [-0.3, -0.25) is 19.2 Å². The molecular formula is C15H12F2NO6P. The lowest BCUT2D eigenvalue weighted by molar-refractivity contribution is -0.384. The molecule has 0 radical (unpaired) electrons. The molecule has 0 saturated carbocycles. The van der Waals surface area contributed by atoms with Gasteiger partial charge in [-0.15, -0.1) is 0 Å². The van der Waals surface area contributed by atoms with E-state index >= 15 is 0 Å². The molecule has 132 valence electrons. The molecule has 3 rings (SSSR count). The Balaban J connectivity index is 1.77. The highest BCUT2D eigenvalue weighted by atomic mass is 31.2. The SMILES string of the molecule is O=[N+]([O-])c1ccc(O[P@]2(=O)OCC[C@H](c3cc(F)cc(F)c3)O2)cc1. The summed E-state index contributed by atoms with van der Waals surface area (Å²) in [5.41, 5.74) is 0.0116. The van der Waals surface area contributed by atoms with Crippen molar-refractivity contribution in [2.24, 2.45) is 0 Å². The van der Waals surface area contributed by atoms with Gasteiger partial charge < -0.3 is 4.52 Å². The number of rotatable bonds is 4. The van der Waals surface area contributed by atoms with Crippen LogP contribution in [-0.2, 0) is 13.6 Å². The summed E-state index contributed by atoms with van der Waals surface area (Å²) in [7, 11) is -4.04. The molecule has 7 nitrogen and oxygen atoms in total. The van der Waals surface area contributed by atoms with Crippen LogP contribution in [0.15, 0.2) is 42.5 Å². The molecular weight excluding hydrogens is 359 g/mol. The first kappa shape index (κ1) is 17.5. The van der Waals surface area contributed by atoms with E-state index in [1.807, 2.05) is 0 Å². The maximum Gasteiger partial charge on any atom is 0.530 e. The number of phosphoric acid groups is 1. The minimum atomic E-state index is -4.04. The van der Waals surface area contributed by atoms with Crippen LogP contribution in [0.4, 0.5) is 14.5 Å². The van der Waals surface area contributed by atoms with E-state index in [0.717, 1.165) is 18.2 Å². The Hall–Kier alpha value is -2.35. The van der Waals surface area contributed by atoms with Gasteiger partial charge in [0.25, 0.3) is 5.69 Å². The van der Waals surface area contributed by atoms with E-state index in [2.05, 4.69) is 0 Å². The Kier molecular flexibility index (Phi) is 4.80. The molecule has 10 heteroatoms. The maximum absolute atomic E-state index is 13.3. The Labute approximate surface area is 140 Å². The quantitative estimate of drug-likeness (QED) is 0.445. The van der Waals surface area contributed by atoms with Crippen LogP contribution in [0, 0.1) is 21.7 Å². The Morgan fingerprint density at radius 3 is 2.40 bits per heavy atom. The molecule has 2 atom stereocenters. The van der Waals surface area contributed by atoms with Gasteiger partial charge in [0.1, 0.15) is 17.4 Å². The predicted molar refractivity (Wildman–Crippen MR) is 82.1 cm³/mol. The summed E-state index contributed by atoms with van der Waals surface area (Å²) in [6, 6.07) is 7.71. The van der Waals surface area contributed by atoms with Crippen molar-refractivity contribution >= 4 is 13.5 Å². The molecule has 0 bridgehead atoms. The summed E-state index contributed by atoms with van der Waals surface area (Å²) < 4.78 is 54.8. The third-order valence-corrected chi connectivity index (χ3v) is 4.85. The smallest absolute Gasteiger partial charge is 0.404 e. The number of benzene rings is 2. The topological polar surface area (TPSA) is 87.9 Å². The van der Waals surface area contributed by atoms with Crippen LogP contribution in [0.1, 0.15) is 18.1 Å². The van der Waals surface area contributed by atoms with Gasteiger partial charge in [0, 0.05) is 24.6 Å². The van der Waals surface area contributed by atoms with Gasteiger partial charge in [-0.05, 0) is 29.8 Å². The molecule has 2 aromatic rings. The fraction of sp³-hybridized carbons (Fsp3) is 0.200. The van der Waals surface area contributed by atoms with Gasteiger partial charge >= 0.3 is 7.82 Å². The summed E-state index contributed by atoms with van der Waals surface area (Å²) in [4.78, 5) is 10.0. The Morgan fingerprint density at radius 1 is 1.16 bits per heavy atom. The summed E-state index contributed by atoms with van der Waals surface area (Å²) in [5, 5.41) is 10.6. The average Bonchev–Trinajstić information content (AvgIpc) is 2.54. The summed E-state index contributed by atoms with van der Waals surface area (Å²) in [6.07, 6.45) is -0.640. The van der Waals surface area contributed by atoms with E-state index in [9.17, 15) is 23.5 Å². The second kappa shape index (κ2) is 6.87. The molecule has 1 aliphatic rings. The zero-order valence-corrected chi connectivity index (χ0v) is 13.5. The minimum Gasteiger partial charge on any atom is -0.404 e. The first-order valence-electron chi connectivity index (χ1n) is 7.18. The lowest BCUT2D eigenvalue weighted by Crippen LogP contribution is -2.17. The normalized spacial score (nSPS) is 23.2. The van der Waals surface area contributed by atoms with Crippen LogP contribution in [0.5, 0.6) is 5.75 Å². The van der Waals surface area contributed by atoms with Crippen LogP contribution in [0.25, 0.3) is 0 Å². The molecule has 25 heavy (non-hydrogen) atoms. The number of non-ortho nitro benzene ring substituents is 1. The molecule has 1 fully saturated rings. The van der Waals surface area contributed by atoms with Gasteiger partial charge in [0.05, 0.1) is 17.6 Å². The Morgan fingerprint density at radius 2 is 1.80 bits per heavy atom. The number of phosphoric ester groups is 1. The fourth-order valence-corrected chi connectivity index (χ4v) is 3.71. The zero-order chi connectivity index (χ0) is 18.0. The highest BCUT2D eigenvalue weighted by Gasteiger charge is 2.38. The van der Waals surface area contributed by atoms with Crippen LogP contribution < -0.4 is 4.52 Å². The van der Waals surface area contributed by atoms with Crippen molar-refractivity contribution < 1.29 is 31.8 Å². The second-order valence-corrected chi connectivity index (χ2v) is 6.75. The largest absolute Gasteiger partial charge is 0.530 e. The van der Waals surface area contributed by atoms with E-state index in [1.54, 1.807) is 0 Å². The van der Waals surface area contributed by atoms with Crippen molar-refractivity contribution in [3.8, 4) is 5.75 Å². The highest BCUT2D eigenvalue weighted by Crippen LogP contribution is 2.56. The molecule has 0 unspecified atom stereocenters. The van der Waals surface area contributed by atoms with E-state index in [4.69, 9.17) is 13.6 Å². The average molecular weight is 371 g/mol. The van der Waals surface area contributed by atoms with Crippen LogP contribution in [0.3, 0.4) is 0 Å². The number of nitro groups is 1. The third kappa shape index (κ3) is 4.19. The zero-order valence-electron chi connectivity index (χ0n) is 12.6. The number of hydrogen-bond acceptors (Lipinski definition) is 6. The fourth-order valence-electron chi connectivity index (χ4n) is 2.30. The van der Waals surface area contributed by atoms with Crippen molar-refractivity contribution in [3.05, 3.63) is 69.8 Å². The molecule has 2 aromatic carbocycles. The molecule has 1 saturated heterocycles.